The maximum absolute atomic E-state index is 11.0. The Kier molecular flexibility index (Phi) is 4.47. The minimum absolute atomic E-state index is 0.187. The standard InChI is InChI=1S/C15H29NO2/c1-14(2,3)8-12(7-13(17)18)16-9-11(10-16)15(4,5)6/h11-12H,7-10H2,1-6H3,(H,17,18). The number of nitrogens with zero attached hydrogens (tertiary/aromatic N) is 1. The number of rotatable bonds is 4. The van der Waals surface area contributed by atoms with E-state index in [0.717, 1.165) is 19.5 Å². The summed E-state index contributed by atoms with van der Waals surface area (Å²) in [5.74, 6) is 0.0252. The van der Waals surface area contributed by atoms with E-state index in [1.807, 2.05) is 0 Å². The van der Waals surface area contributed by atoms with E-state index < -0.39 is 5.97 Å². The van der Waals surface area contributed by atoms with Gasteiger partial charge < -0.3 is 5.11 Å². The van der Waals surface area contributed by atoms with Crippen LogP contribution in [0, 0.1) is 16.7 Å². The molecule has 0 saturated carbocycles. The molecule has 3 heteroatoms. The van der Waals surface area contributed by atoms with E-state index in [2.05, 4.69) is 46.4 Å². The Hall–Kier alpha value is -0.570. The van der Waals surface area contributed by atoms with Crippen LogP contribution in [0.15, 0.2) is 0 Å². The van der Waals surface area contributed by atoms with E-state index >= 15 is 0 Å². The zero-order chi connectivity index (χ0) is 14.1. The average Bonchev–Trinajstić information content (AvgIpc) is 1.91. The molecule has 3 nitrogen and oxygen atoms in total. The Labute approximate surface area is 112 Å². The molecule has 1 aliphatic heterocycles. The molecule has 1 aliphatic rings. The SMILES string of the molecule is CC(C)(C)CC(CC(=O)O)N1CC(C(C)(C)C)C1. The minimum Gasteiger partial charge on any atom is -0.481 e. The highest BCUT2D eigenvalue weighted by molar-refractivity contribution is 5.67. The molecule has 0 bridgehead atoms. The van der Waals surface area contributed by atoms with Gasteiger partial charge in [-0.25, -0.2) is 0 Å². The van der Waals surface area contributed by atoms with Gasteiger partial charge in [0, 0.05) is 19.1 Å². The second-order valence-corrected chi connectivity index (χ2v) is 8.03. The Morgan fingerprint density at radius 3 is 2.06 bits per heavy atom. The lowest BCUT2D eigenvalue weighted by Crippen LogP contribution is -2.57. The van der Waals surface area contributed by atoms with Gasteiger partial charge >= 0.3 is 5.97 Å². The van der Waals surface area contributed by atoms with E-state index in [4.69, 9.17) is 5.11 Å². The number of carbonyl (C=O) groups is 1. The molecule has 0 amide bonds. The molecular weight excluding hydrogens is 226 g/mol. The molecule has 1 rings (SSSR count). The van der Waals surface area contributed by atoms with Gasteiger partial charge in [0.1, 0.15) is 0 Å². The highest BCUT2D eigenvalue weighted by Gasteiger charge is 2.40. The van der Waals surface area contributed by atoms with Gasteiger partial charge in [-0.2, -0.15) is 0 Å². The minimum atomic E-state index is -0.677. The van der Waals surface area contributed by atoms with Crippen molar-refractivity contribution in [1.29, 1.82) is 0 Å². The molecule has 0 radical (unpaired) electrons. The predicted octanol–water partition coefficient (Wildman–Crippen LogP) is 3.24. The molecule has 0 aliphatic carbocycles. The quantitative estimate of drug-likeness (QED) is 0.838. The maximum Gasteiger partial charge on any atom is 0.304 e. The van der Waals surface area contributed by atoms with Crippen LogP contribution >= 0.6 is 0 Å². The molecule has 0 aromatic carbocycles. The molecule has 0 spiro atoms. The summed E-state index contributed by atoms with van der Waals surface area (Å²) in [5.41, 5.74) is 0.527. The summed E-state index contributed by atoms with van der Waals surface area (Å²) in [4.78, 5) is 13.3. The molecule has 1 atom stereocenters. The van der Waals surface area contributed by atoms with Crippen LogP contribution in [0.4, 0.5) is 0 Å². The smallest absolute Gasteiger partial charge is 0.304 e. The van der Waals surface area contributed by atoms with Crippen molar-refractivity contribution in [2.75, 3.05) is 13.1 Å². The van der Waals surface area contributed by atoms with Crippen LogP contribution in [0.2, 0.25) is 0 Å². The lowest BCUT2D eigenvalue weighted by atomic mass is 9.74. The third kappa shape index (κ3) is 4.60. The number of carboxylic acids is 1. The van der Waals surface area contributed by atoms with Crippen LogP contribution in [0.3, 0.4) is 0 Å². The number of hydrogen-bond acceptors (Lipinski definition) is 2. The van der Waals surface area contributed by atoms with E-state index in [1.54, 1.807) is 0 Å². The Morgan fingerprint density at radius 2 is 1.72 bits per heavy atom. The van der Waals surface area contributed by atoms with Gasteiger partial charge in [-0.05, 0) is 23.2 Å². The molecule has 0 aromatic rings. The van der Waals surface area contributed by atoms with Crippen molar-refractivity contribution in [2.45, 2.75) is 60.4 Å². The fourth-order valence-electron chi connectivity index (χ4n) is 2.60. The zero-order valence-electron chi connectivity index (χ0n) is 12.8. The Bertz CT molecular complexity index is 293. The third-order valence-electron chi connectivity index (χ3n) is 3.91. The zero-order valence-corrected chi connectivity index (χ0v) is 12.8. The van der Waals surface area contributed by atoms with Gasteiger partial charge in [0.25, 0.3) is 0 Å². The summed E-state index contributed by atoms with van der Waals surface area (Å²) < 4.78 is 0. The van der Waals surface area contributed by atoms with Crippen molar-refractivity contribution in [1.82, 2.24) is 4.90 Å². The normalized spacial score (nSPS) is 20.6. The molecule has 1 N–H and O–H groups in total. The summed E-state index contributed by atoms with van der Waals surface area (Å²) in [6, 6.07) is 0.195. The lowest BCUT2D eigenvalue weighted by molar-refractivity contribution is -0.140. The summed E-state index contributed by atoms with van der Waals surface area (Å²) >= 11 is 0. The highest BCUT2D eigenvalue weighted by atomic mass is 16.4. The van der Waals surface area contributed by atoms with Crippen molar-refractivity contribution in [3.8, 4) is 0 Å². The second-order valence-electron chi connectivity index (χ2n) is 8.03. The van der Waals surface area contributed by atoms with Gasteiger partial charge in [0.15, 0.2) is 0 Å². The Balaban J connectivity index is 2.56. The van der Waals surface area contributed by atoms with E-state index in [9.17, 15) is 4.79 Å². The largest absolute Gasteiger partial charge is 0.481 e. The second kappa shape index (κ2) is 5.20. The van der Waals surface area contributed by atoms with Gasteiger partial charge in [-0.15, -0.1) is 0 Å². The van der Waals surface area contributed by atoms with Crippen LogP contribution in [-0.2, 0) is 4.79 Å². The van der Waals surface area contributed by atoms with Gasteiger partial charge in [-0.3, -0.25) is 9.69 Å². The summed E-state index contributed by atoms with van der Waals surface area (Å²) in [5, 5.41) is 9.05. The van der Waals surface area contributed by atoms with E-state index in [-0.39, 0.29) is 17.9 Å². The van der Waals surface area contributed by atoms with Crippen LogP contribution in [-0.4, -0.2) is 35.1 Å². The highest BCUT2D eigenvalue weighted by Crippen LogP contribution is 2.37. The monoisotopic (exact) mass is 255 g/mol. The third-order valence-corrected chi connectivity index (χ3v) is 3.91. The fraction of sp³-hybridized carbons (Fsp3) is 0.933. The fourth-order valence-corrected chi connectivity index (χ4v) is 2.60. The van der Waals surface area contributed by atoms with Crippen molar-refractivity contribution >= 4 is 5.97 Å². The first-order chi connectivity index (χ1) is 7.99. The van der Waals surface area contributed by atoms with Crippen molar-refractivity contribution in [3.05, 3.63) is 0 Å². The lowest BCUT2D eigenvalue weighted by Gasteiger charge is -2.50. The van der Waals surface area contributed by atoms with Crippen LogP contribution in [0.5, 0.6) is 0 Å². The topological polar surface area (TPSA) is 40.5 Å². The number of carboxylic acid groups (broad SMARTS) is 1. The predicted molar refractivity (Wildman–Crippen MR) is 74.6 cm³/mol. The van der Waals surface area contributed by atoms with Crippen molar-refractivity contribution in [3.63, 3.8) is 0 Å². The first-order valence-electron chi connectivity index (χ1n) is 6.95. The average molecular weight is 255 g/mol. The molecule has 106 valence electrons. The van der Waals surface area contributed by atoms with Gasteiger partial charge in [0.2, 0.25) is 0 Å². The molecule has 18 heavy (non-hydrogen) atoms. The van der Waals surface area contributed by atoms with E-state index in [1.165, 1.54) is 0 Å². The first-order valence-corrected chi connectivity index (χ1v) is 6.95. The van der Waals surface area contributed by atoms with Crippen molar-refractivity contribution in [2.24, 2.45) is 16.7 Å². The first kappa shape index (κ1) is 15.5. The molecule has 1 saturated heterocycles. The molecule has 1 heterocycles. The van der Waals surface area contributed by atoms with E-state index in [0.29, 0.717) is 11.3 Å². The van der Waals surface area contributed by atoms with Gasteiger partial charge in [-0.1, -0.05) is 41.5 Å². The molecule has 0 aromatic heterocycles. The molecule has 1 unspecified atom stereocenters. The summed E-state index contributed by atoms with van der Waals surface area (Å²) in [7, 11) is 0. The van der Waals surface area contributed by atoms with Gasteiger partial charge in [0.05, 0.1) is 6.42 Å². The van der Waals surface area contributed by atoms with Crippen molar-refractivity contribution < 1.29 is 9.90 Å². The summed E-state index contributed by atoms with van der Waals surface area (Å²) in [6.45, 7) is 15.5. The molecule has 1 fully saturated rings. The Morgan fingerprint density at radius 1 is 1.22 bits per heavy atom. The summed E-state index contributed by atoms with van der Waals surface area (Å²) in [6.07, 6.45) is 1.23. The number of likely N-dealkylation sites (tertiary alicyclic amines) is 1. The van der Waals surface area contributed by atoms with Crippen LogP contribution in [0.25, 0.3) is 0 Å². The van der Waals surface area contributed by atoms with Crippen LogP contribution in [0.1, 0.15) is 54.4 Å². The number of aliphatic carboxylic acids is 1. The number of hydrogen-bond donors (Lipinski definition) is 1. The van der Waals surface area contributed by atoms with Crippen LogP contribution < -0.4 is 0 Å². The maximum atomic E-state index is 11.0. The molecular formula is C15H29NO2.